The van der Waals surface area contributed by atoms with E-state index in [1.54, 1.807) is 6.92 Å². The van der Waals surface area contributed by atoms with E-state index in [9.17, 15) is 9.59 Å². The van der Waals surface area contributed by atoms with Crippen LogP contribution in [0.1, 0.15) is 29.7 Å². The molecule has 0 bridgehead atoms. The van der Waals surface area contributed by atoms with Crippen LogP contribution in [-0.2, 0) is 20.9 Å². The summed E-state index contributed by atoms with van der Waals surface area (Å²) >= 11 is 0. The SMILES string of the molecule is CCOC(=O)[C@H]1C(=O)NC(N2CCN(Cc3ccc4c(c3)OCO4)CC2)=N[C@H]1c1ccc(C)cc1. The highest BCUT2D eigenvalue weighted by atomic mass is 16.7. The molecule has 3 heterocycles. The number of amides is 1. The van der Waals surface area contributed by atoms with Gasteiger partial charge in [0.25, 0.3) is 0 Å². The highest BCUT2D eigenvalue weighted by Crippen LogP contribution is 2.33. The molecule has 5 rings (SSSR count). The number of fused-ring (bicyclic) bond motifs is 1. The molecule has 1 saturated heterocycles. The second-order valence-electron chi connectivity index (χ2n) is 8.98. The van der Waals surface area contributed by atoms with Crippen molar-refractivity contribution >= 4 is 17.8 Å². The molecule has 2 aromatic rings. The lowest BCUT2D eigenvalue weighted by atomic mass is 9.91. The minimum atomic E-state index is -1.01. The maximum absolute atomic E-state index is 13.1. The van der Waals surface area contributed by atoms with Gasteiger partial charge in [-0.2, -0.15) is 0 Å². The number of hydrogen-bond acceptors (Lipinski definition) is 8. The highest BCUT2D eigenvalue weighted by molar-refractivity contribution is 6.08. The van der Waals surface area contributed by atoms with Gasteiger partial charge in [0.2, 0.25) is 18.7 Å². The molecule has 184 valence electrons. The van der Waals surface area contributed by atoms with Crippen LogP contribution in [0.4, 0.5) is 0 Å². The maximum Gasteiger partial charge on any atom is 0.321 e. The predicted octanol–water partition coefficient (Wildman–Crippen LogP) is 2.25. The first-order valence-corrected chi connectivity index (χ1v) is 12.0. The Morgan fingerprint density at radius 3 is 2.57 bits per heavy atom. The average molecular weight is 479 g/mol. The van der Waals surface area contributed by atoms with E-state index in [-0.39, 0.29) is 19.3 Å². The summed E-state index contributed by atoms with van der Waals surface area (Å²) in [5.74, 6) is 0.166. The first-order valence-electron chi connectivity index (χ1n) is 12.0. The van der Waals surface area contributed by atoms with Gasteiger partial charge in [-0.1, -0.05) is 35.9 Å². The molecule has 9 nitrogen and oxygen atoms in total. The normalized spacial score (nSPS) is 21.9. The third-order valence-corrected chi connectivity index (χ3v) is 6.57. The predicted molar refractivity (Wildman–Crippen MR) is 129 cm³/mol. The molecule has 35 heavy (non-hydrogen) atoms. The van der Waals surface area contributed by atoms with Crippen molar-refractivity contribution in [2.24, 2.45) is 10.9 Å². The third kappa shape index (κ3) is 4.95. The molecule has 1 fully saturated rings. The molecule has 0 unspecified atom stereocenters. The van der Waals surface area contributed by atoms with E-state index < -0.39 is 17.9 Å². The Balaban J connectivity index is 1.29. The average Bonchev–Trinajstić information content (AvgIpc) is 3.32. The second kappa shape index (κ2) is 9.95. The number of nitrogens with one attached hydrogen (secondary N) is 1. The summed E-state index contributed by atoms with van der Waals surface area (Å²) in [5, 5.41) is 2.87. The molecule has 1 amide bonds. The number of carbonyl (C=O) groups is 2. The Hall–Kier alpha value is -3.59. The lowest BCUT2D eigenvalue weighted by molar-refractivity contribution is -0.153. The van der Waals surface area contributed by atoms with Gasteiger partial charge in [-0.15, -0.1) is 0 Å². The number of aliphatic imine (C=N–C) groups is 1. The number of aryl methyl sites for hydroxylation is 1. The van der Waals surface area contributed by atoms with E-state index in [0.717, 1.165) is 42.3 Å². The lowest BCUT2D eigenvalue weighted by Crippen LogP contribution is -2.57. The number of guanidine groups is 1. The van der Waals surface area contributed by atoms with Crippen molar-refractivity contribution in [3.63, 3.8) is 0 Å². The highest BCUT2D eigenvalue weighted by Gasteiger charge is 2.42. The van der Waals surface area contributed by atoms with Crippen LogP contribution < -0.4 is 14.8 Å². The Bertz CT molecular complexity index is 1130. The molecular formula is C26H30N4O5. The van der Waals surface area contributed by atoms with Crippen LogP contribution in [0.15, 0.2) is 47.5 Å². The van der Waals surface area contributed by atoms with Crippen LogP contribution >= 0.6 is 0 Å². The van der Waals surface area contributed by atoms with Gasteiger partial charge in [-0.05, 0) is 37.1 Å². The molecule has 2 aromatic carbocycles. The van der Waals surface area contributed by atoms with E-state index in [1.165, 1.54) is 5.56 Å². The number of esters is 1. The van der Waals surface area contributed by atoms with E-state index >= 15 is 0 Å². The zero-order valence-electron chi connectivity index (χ0n) is 20.0. The van der Waals surface area contributed by atoms with Crippen LogP contribution in [0.3, 0.4) is 0 Å². The van der Waals surface area contributed by atoms with Crippen molar-refractivity contribution in [1.82, 2.24) is 15.1 Å². The number of benzene rings is 2. The van der Waals surface area contributed by atoms with E-state index in [2.05, 4.69) is 21.2 Å². The smallest absolute Gasteiger partial charge is 0.321 e. The number of ether oxygens (including phenoxy) is 3. The fourth-order valence-electron chi connectivity index (χ4n) is 4.64. The number of carbonyl (C=O) groups excluding carboxylic acids is 2. The Labute approximate surface area is 204 Å². The number of piperazine rings is 1. The van der Waals surface area contributed by atoms with Gasteiger partial charge in [0, 0.05) is 32.7 Å². The van der Waals surface area contributed by atoms with Gasteiger partial charge in [0.15, 0.2) is 17.4 Å². The monoisotopic (exact) mass is 478 g/mol. The maximum atomic E-state index is 13.1. The molecule has 3 aliphatic heterocycles. The fourth-order valence-corrected chi connectivity index (χ4v) is 4.64. The van der Waals surface area contributed by atoms with Crippen LogP contribution in [0.25, 0.3) is 0 Å². The number of nitrogens with zero attached hydrogens (tertiary/aromatic N) is 3. The third-order valence-electron chi connectivity index (χ3n) is 6.57. The van der Waals surface area contributed by atoms with Crippen LogP contribution in [0.5, 0.6) is 11.5 Å². The quantitative estimate of drug-likeness (QED) is 0.521. The summed E-state index contributed by atoms with van der Waals surface area (Å²) in [6.07, 6.45) is 0. The number of rotatable bonds is 5. The standard InChI is InChI=1S/C26H30N4O5/c1-3-33-25(32)22-23(19-7-4-17(2)5-8-19)27-26(28-24(22)31)30-12-10-29(11-13-30)15-18-6-9-20-21(14-18)35-16-34-20/h4-9,14,22-23H,3,10-13,15-16H2,1-2H3,(H,27,28,31)/t22-,23+/m1/s1. The van der Waals surface area contributed by atoms with E-state index in [4.69, 9.17) is 19.2 Å². The van der Waals surface area contributed by atoms with Crippen molar-refractivity contribution in [3.05, 3.63) is 59.2 Å². The molecule has 0 aliphatic carbocycles. The first kappa shape index (κ1) is 23.2. The summed E-state index contributed by atoms with van der Waals surface area (Å²) < 4.78 is 16.1. The van der Waals surface area contributed by atoms with Crippen LogP contribution in [-0.4, -0.2) is 67.2 Å². The number of hydrogen-bond donors (Lipinski definition) is 1. The molecule has 3 aliphatic rings. The van der Waals surface area contributed by atoms with E-state index in [0.29, 0.717) is 19.0 Å². The minimum Gasteiger partial charge on any atom is -0.465 e. The molecular weight excluding hydrogens is 448 g/mol. The van der Waals surface area contributed by atoms with E-state index in [1.807, 2.05) is 43.3 Å². The summed E-state index contributed by atoms with van der Waals surface area (Å²) in [4.78, 5) is 35.0. The van der Waals surface area contributed by atoms with Gasteiger partial charge in [0.1, 0.15) is 6.04 Å². The summed E-state index contributed by atoms with van der Waals surface area (Å²) in [6, 6.07) is 13.2. The van der Waals surface area contributed by atoms with Crippen LogP contribution in [0.2, 0.25) is 0 Å². The van der Waals surface area contributed by atoms with Crippen molar-refractivity contribution in [2.45, 2.75) is 26.4 Å². The van der Waals surface area contributed by atoms with Crippen molar-refractivity contribution < 1.29 is 23.8 Å². The molecule has 0 spiro atoms. The Morgan fingerprint density at radius 2 is 1.83 bits per heavy atom. The molecule has 9 heteroatoms. The van der Waals surface area contributed by atoms with Gasteiger partial charge in [-0.25, -0.2) is 4.99 Å². The zero-order chi connectivity index (χ0) is 24.4. The van der Waals surface area contributed by atoms with Gasteiger partial charge in [0.05, 0.1) is 6.61 Å². The molecule has 0 saturated carbocycles. The largest absolute Gasteiger partial charge is 0.465 e. The summed E-state index contributed by atoms with van der Waals surface area (Å²) in [7, 11) is 0. The topological polar surface area (TPSA) is 92.7 Å². The van der Waals surface area contributed by atoms with Crippen molar-refractivity contribution in [2.75, 3.05) is 39.6 Å². The molecule has 0 aromatic heterocycles. The Morgan fingerprint density at radius 1 is 1.09 bits per heavy atom. The fraction of sp³-hybridized carbons (Fsp3) is 0.423. The minimum absolute atomic E-state index is 0.213. The zero-order valence-corrected chi connectivity index (χ0v) is 20.0. The Kier molecular flexibility index (Phi) is 6.59. The summed E-state index contributed by atoms with van der Waals surface area (Å²) in [6.45, 7) is 8.09. The first-order chi connectivity index (χ1) is 17.0. The van der Waals surface area contributed by atoms with Crippen LogP contribution in [0, 0.1) is 12.8 Å². The molecule has 0 radical (unpaired) electrons. The summed E-state index contributed by atoms with van der Waals surface area (Å²) in [5.41, 5.74) is 3.09. The molecule has 2 atom stereocenters. The van der Waals surface area contributed by atoms with Gasteiger partial charge in [-0.3, -0.25) is 19.8 Å². The van der Waals surface area contributed by atoms with Crippen molar-refractivity contribution in [1.29, 1.82) is 0 Å². The molecule has 1 N–H and O–H groups in total. The van der Waals surface area contributed by atoms with Gasteiger partial charge < -0.3 is 19.1 Å². The second-order valence-corrected chi connectivity index (χ2v) is 8.98. The van der Waals surface area contributed by atoms with Gasteiger partial charge >= 0.3 is 5.97 Å². The lowest BCUT2D eigenvalue weighted by Gasteiger charge is -2.39. The van der Waals surface area contributed by atoms with Crippen molar-refractivity contribution in [3.8, 4) is 11.5 Å².